The molecule has 1 aromatic rings. The summed E-state index contributed by atoms with van der Waals surface area (Å²) in [5.74, 6) is 0.718. The molecule has 1 atom stereocenters. The zero-order chi connectivity index (χ0) is 11.7. The van der Waals surface area contributed by atoms with Crippen molar-refractivity contribution in [2.24, 2.45) is 5.92 Å². The van der Waals surface area contributed by atoms with E-state index in [9.17, 15) is 10.1 Å². The lowest BCUT2D eigenvalue weighted by Crippen LogP contribution is -2.19. The summed E-state index contributed by atoms with van der Waals surface area (Å²) in [6.07, 6.45) is 1.20. The van der Waals surface area contributed by atoms with Gasteiger partial charge >= 0.3 is 0 Å². The summed E-state index contributed by atoms with van der Waals surface area (Å²) in [6, 6.07) is 5.37. The van der Waals surface area contributed by atoms with E-state index in [1.165, 1.54) is 6.42 Å². The molecule has 4 nitrogen and oxygen atoms in total. The Hall–Kier alpha value is -1.58. The highest BCUT2D eigenvalue weighted by Crippen LogP contribution is 2.28. The predicted molar refractivity (Wildman–Crippen MR) is 63.8 cm³/mol. The minimum atomic E-state index is -0.328. The molecule has 1 fully saturated rings. The molecule has 0 aliphatic carbocycles. The molecule has 0 amide bonds. The van der Waals surface area contributed by atoms with Gasteiger partial charge in [-0.1, -0.05) is 6.92 Å². The number of nitro groups is 1. The third kappa shape index (κ3) is 2.01. The third-order valence-corrected chi connectivity index (χ3v) is 3.17. The van der Waals surface area contributed by atoms with Gasteiger partial charge in [-0.2, -0.15) is 0 Å². The minimum Gasteiger partial charge on any atom is -0.371 e. The molecule has 0 aromatic heterocycles. The van der Waals surface area contributed by atoms with E-state index in [-0.39, 0.29) is 10.6 Å². The number of nitro benzene ring substituents is 1. The van der Waals surface area contributed by atoms with Gasteiger partial charge in [-0.05, 0) is 31.4 Å². The lowest BCUT2D eigenvalue weighted by Gasteiger charge is -2.18. The Bertz CT molecular complexity index is 417. The lowest BCUT2D eigenvalue weighted by atomic mass is 10.1. The minimum absolute atomic E-state index is 0.205. The second-order valence-corrected chi connectivity index (χ2v) is 4.57. The monoisotopic (exact) mass is 220 g/mol. The number of hydrogen-bond donors (Lipinski definition) is 0. The second kappa shape index (κ2) is 4.12. The van der Waals surface area contributed by atoms with Gasteiger partial charge in [-0.25, -0.2) is 0 Å². The maximum atomic E-state index is 10.7. The fourth-order valence-corrected chi connectivity index (χ4v) is 2.21. The molecular formula is C12H16N2O2. The maximum absolute atomic E-state index is 10.7. The summed E-state index contributed by atoms with van der Waals surface area (Å²) in [5, 5.41) is 10.7. The highest BCUT2D eigenvalue weighted by atomic mass is 16.6. The molecule has 0 saturated carbocycles. The van der Waals surface area contributed by atoms with E-state index >= 15 is 0 Å². The number of hydrogen-bond acceptors (Lipinski definition) is 3. The molecule has 16 heavy (non-hydrogen) atoms. The van der Waals surface area contributed by atoms with Crippen molar-refractivity contribution in [1.82, 2.24) is 0 Å². The Morgan fingerprint density at radius 1 is 1.50 bits per heavy atom. The lowest BCUT2D eigenvalue weighted by molar-refractivity contribution is -0.385. The van der Waals surface area contributed by atoms with Crippen LogP contribution in [0.2, 0.25) is 0 Å². The van der Waals surface area contributed by atoms with E-state index < -0.39 is 0 Å². The van der Waals surface area contributed by atoms with Crippen LogP contribution in [0.5, 0.6) is 0 Å². The number of aryl methyl sites for hydroxylation is 1. The van der Waals surface area contributed by atoms with Crippen molar-refractivity contribution >= 4 is 11.4 Å². The summed E-state index contributed by atoms with van der Waals surface area (Å²) in [7, 11) is 0. The normalized spacial score (nSPS) is 20.1. The number of nitrogens with zero attached hydrogens (tertiary/aromatic N) is 2. The van der Waals surface area contributed by atoms with Gasteiger partial charge in [0.1, 0.15) is 0 Å². The van der Waals surface area contributed by atoms with Gasteiger partial charge in [0, 0.05) is 30.4 Å². The van der Waals surface area contributed by atoms with Crippen LogP contribution in [0.4, 0.5) is 11.4 Å². The van der Waals surface area contributed by atoms with Crippen molar-refractivity contribution in [2.45, 2.75) is 20.3 Å². The average Bonchev–Trinajstić information content (AvgIpc) is 2.64. The van der Waals surface area contributed by atoms with E-state index in [0.717, 1.165) is 30.3 Å². The van der Waals surface area contributed by atoms with Crippen LogP contribution in [-0.4, -0.2) is 18.0 Å². The molecule has 0 N–H and O–H groups in total. The van der Waals surface area contributed by atoms with Crippen LogP contribution >= 0.6 is 0 Å². The molecule has 0 radical (unpaired) electrons. The first-order valence-electron chi connectivity index (χ1n) is 5.58. The highest BCUT2D eigenvalue weighted by Gasteiger charge is 2.20. The quantitative estimate of drug-likeness (QED) is 0.568. The second-order valence-electron chi connectivity index (χ2n) is 4.57. The van der Waals surface area contributed by atoms with Gasteiger partial charge in [-0.3, -0.25) is 10.1 Å². The van der Waals surface area contributed by atoms with Gasteiger partial charge in [0.25, 0.3) is 5.69 Å². The van der Waals surface area contributed by atoms with Crippen molar-refractivity contribution in [2.75, 3.05) is 18.0 Å². The summed E-state index contributed by atoms with van der Waals surface area (Å²) >= 11 is 0. The standard InChI is InChI=1S/C12H16N2O2/c1-9-5-6-13(8-9)11-3-4-12(14(15)16)10(2)7-11/h3-4,7,9H,5-6,8H2,1-2H3. The maximum Gasteiger partial charge on any atom is 0.272 e. The zero-order valence-electron chi connectivity index (χ0n) is 9.64. The molecular weight excluding hydrogens is 204 g/mol. The summed E-state index contributed by atoms with van der Waals surface area (Å²) < 4.78 is 0. The smallest absolute Gasteiger partial charge is 0.272 e. The molecule has 1 aromatic carbocycles. The van der Waals surface area contributed by atoms with Crippen molar-refractivity contribution in [3.05, 3.63) is 33.9 Å². The van der Waals surface area contributed by atoms with Crippen LogP contribution in [-0.2, 0) is 0 Å². The molecule has 1 unspecified atom stereocenters. The summed E-state index contributed by atoms with van der Waals surface area (Å²) in [6.45, 7) is 6.13. The van der Waals surface area contributed by atoms with Gasteiger partial charge in [-0.15, -0.1) is 0 Å². The van der Waals surface area contributed by atoms with Gasteiger partial charge in [0.2, 0.25) is 0 Å². The number of anilines is 1. The molecule has 4 heteroatoms. The molecule has 0 bridgehead atoms. The highest BCUT2D eigenvalue weighted by molar-refractivity contribution is 5.55. The van der Waals surface area contributed by atoms with Crippen molar-refractivity contribution in [3.8, 4) is 0 Å². The first kappa shape index (κ1) is 10.9. The van der Waals surface area contributed by atoms with Crippen molar-refractivity contribution in [1.29, 1.82) is 0 Å². The molecule has 1 saturated heterocycles. The first-order chi connectivity index (χ1) is 7.58. The van der Waals surface area contributed by atoms with Crippen LogP contribution in [0.15, 0.2) is 18.2 Å². The Labute approximate surface area is 95.0 Å². The summed E-state index contributed by atoms with van der Waals surface area (Å²) in [5.41, 5.74) is 2.05. The Morgan fingerprint density at radius 2 is 2.25 bits per heavy atom. The number of benzene rings is 1. The van der Waals surface area contributed by atoms with Gasteiger partial charge in [0.15, 0.2) is 0 Å². The molecule has 2 rings (SSSR count). The third-order valence-electron chi connectivity index (χ3n) is 3.17. The van der Waals surface area contributed by atoms with Crippen LogP contribution in [0.3, 0.4) is 0 Å². The van der Waals surface area contributed by atoms with Gasteiger partial charge < -0.3 is 4.90 Å². The number of rotatable bonds is 2. The van der Waals surface area contributed by atoms with E-state index in [0.29, 0.717) is 0 Å². The zero-order valence-corrected chi connectivity index (χ0v) is 9.64. The van der Waals surface area contributed by atoms with E-state index in [1.807, 2.05) is 12.1 Å². The summed E-state index contributed by atoms with van der Waals surface area (Å²) in [4.78, 5) is 12.7. The van der Waals surface area contributed by atoms with Crippen LogP contribution < -0.4 is 4.90 Å². The fraction of sp³-hybridized carbons (Fsp3) is 0.500. The first-order valence-corrected chi connectivity index (χ1v) is 5.58. The van der Waals surface area contributed by atoms with E-state index in [1.54, 1.807) is 13.0 Å². The molecule has 86 valence electrons. The Balaban J connectivity index is 2.24. The molecule has 1 heterocycles. The topological polar surface area (TPSA) is 46.4 Å². The molecule has 1 aliphatic heterocycles. The van der Waals surface area contributed by atoms with E-state index in [4.69, 9.17) is 0 Å². The van der Waals surface area contributed by atoms with E-state index in [2.05, 4.69) is 11.8 Å². The SMILES string of the molecule is Cc1cc(N2CCC(C)C2)ccc1[N+](=O)[O-]. The predicted octanol–water partition coefficient (Wildman–Crippen LogP) is 2.75. The van der Waals surface area contributed by atoms with Crippen LogP contribution in [0, 0.1) is 23.0 Å². The van der Waals surface area contributed by atoms with Crippen molar-refractivity contribution < 1.29 is 4.92 Å². The Morgan fingerprint density at radius 3 is 2.75 bits per heavy atom. The van der Waals surface area contributed by atoms with Crippen molar-refractivity contribution in [3.63, 3.8) is 0 Å². The van der Waals surface area contributed by atoms with Gasteiger partial charge in [0.05, 0.1) is 4.92 Å². The fourth-order valence-electron chi connectivity index (χ4n) is 2.21. The average molecular weight is 220 g/mol. The van der Waals surface area contributed by atoms with Crippen LogP contribution in [0.1, 0.15) is 18.9 Å². The largest absolute Gasteiger partial charge is 0.371 e. The van der Waals surface area contributed by atoms with Crippen LogP contribution in [0.25, 0.3) is 0 Å². The Kier molecular flexibility index (Phi) is 2.81. The molecule has 0 spiro atoms. The molecule has 1 aliphatic rings.